The molecule has 4 amide bonds. The smallest absolute Gasteiger partial charge is 0.394 e. The fourth-order valence-corrected chi connectivity index (χ4v) is 6.22. The van der Waals surface area contributed by atoms with Crippen LogP contribution < -0.4 is 10.6 Å². The van der Waals surface area contributed by atoms with Gasteiger partial charge in [0.25, 0.3) is 11.8 Å². The number of unbranched alkanes of at least 4 members (excludes halogenated alkanes) is 2. The number of nitrogens with zero attached hydrogens (tertiary/aromatic N) is 4. The highest BCUT2D eigenvalue weighted by Gasteiger charge is 2.35. The van der Waals surface area contributed by atoms with Crippen LogP contribution in [-0.4, -0.2) is 68.3 Å². The first-order valence-corrected chi connectivity index (χ1v) is 17.3. The lowest BCUT2D eigenvalue weighted by Gasteiger charge is -2.36. The first kappa shape index (κ1) is 38.0. The van der Waals surface area contributed by atoms with Crippen molar-refractivity contribution >= 4 is 29.2 Å². The summed E-state index contributed by atoms with van der Waals surface area (Å²) in [7, 11) is 0. The molecule has 0 aliphatic carbocycles. The monoisotopic (exact) mass is 722 g/mol. The zero-order valence-corrected chi connectivity index (χ0v) is 29.3. The quantitative estimate of drug-likeness (QED) is 0.130. The van der Waals surface area contributed by atoms with Crippen LogP contribution in [0.15, 0.2) is 66.7 Å². The number of benzene rings is 3. The van der Waals surface area contributed by atoms with Crippen molar-refractivity contribution in [3.63, 3.8) is 0 Å². The lowest BCUT2D eigenvalue weighted by molar-refractivity contribution is -0.139. The Labute approximate surface area is 299 Å². The summed E-state index contributed by atoms with van der Waals surface area (Å²) in [4.78, 5) is 44.4. The number of carbonyl (C=O) groups excluding carboxylic acids is 3. The van der Waals surface area contributed by atoms with E-state index in [1.165, 1.54) is 16.8 Å². The van der Waals surface area contributed by atoms with Crippen LogP contribution in [0, 0.1) is 12.7 Å². The third-order valence-corrected chi connectivity index (χ3v) is 9.03. The van der Waals surface area contributed by atoms with E-state index in [0.29, 0.717) is 43.0 Å². The highest BCUT2D eigenvalue weighted by atomic mass is 19.4. The maximum absolute atomic E-state index is 14.5. The summed E-state index contributed by atoms with van der Waals surface area (Å²) in [5.74, 6) is -2.18. The van der Waals surface area contributed by atoms with Crippen LogP contribution >= 0.6 is 0 Å². The Hall–Kier alpha value is -5.24. The first-order valence-electron chi connectivity index (χ1n) is 17.3. The van der Waals surface area contributed by atoms with Crippen LogP contribution in [0.5, 0.6) is 0 Å². The average Bonchev–Trinajstić information content (AvgIpc) is 3.51. The van der Waals surface area contributed by atoms with Gasteiger partial charge >= 0.3 is 12.2 Å². The second-order valence-electron chi connectivity index (χ2n) is 12.8. The van der Waals surface area contributed by atoms with E-state index in [2.05, 4.69) is 29.6 Å². The number of aliphatic hydroxyl groups is 1. The second kappa shape index (κ2) is 16.4. The van der Waals surface area contributed by atoms with Crippen molar-refractivity contribution < 1.29 is 37.1 Å². The van der Waals surface area contributed by atoms with Crippen molar-refractivity contribution in [2.75, 3.05) is 30.3 Å². The van der Waals surface area contributed by atoms with Gasteiger partial charge in [-0.25, -0.2) is 13.9 Å². The number of urea groups is 1. The number of amides is 4. The maximum atomic E-state index is 14.5. The molecule has 0 saturated carbocycles. The van der Waals surface area contributed by atoms with Gasteiger partial charge in [0.2, 0.25) is 0 Å². The molecule has 5 rings (SSSR count). The minimum Gasteiger partial charge on any atom is -0.394 e. The molecule has 10 nitrogen and oxygen atoms in total. The molecule has 1 aliphatic rings. The molecule has 3 N–H and O–H groups in total. The van der Waals surface area contributed by atoms with E-state index in [4.69, 9.17) is 0 Å². The summed E-state index contributed by atoms with van der Waals surface area (Å²) in [5.41, 5.74) is 1.39. The van der Waals surface area contributed by atoms with Crippen LogP contribution in [0.25, 0.3) is 5.69 Å². The summed E-state index contributed by atoms with van der Waals surface area (Å²) < 4.78 is 55.1. The molecule has 0 fully saturated rings. The molecule has 1 aliphatic heterocycles. The Morgan fingerprint density at radius 2 is 1.56 bits per heavy atom. The Morgan fingerprint density at radius 3 is 2.19 bits per heavy atom. The number of halogens is 4. The fraction of sp³-hybridized carbons (Fsp3) is 0.368. The molecule has 0 spiro atoms. The van der Waals surface area contributed by atoms with Crippen molar-refractivity contribution in [1.82, 2.24) is 19.6 Å². The van der Waals surface area contributed by atoms with Gasteiger partial charge in [0.05, 0.1) is 29.5 Å². The summed E-state index contributed by atoms with van der Waals surface area (Å²) >= 11 is 0. The second-order valence-corrected chi connectivity index (χ2v) is 12.8. The Balaban J connectivity index is 1.51. The van der Waals surface area contributed by atoms with Gasteiger partial charge in [-0.3, -0.25) is 9.59 Å². The van der Waals surface area contributed by atoms with Gasteiger partial charge in [0.1, 0.15) is 5.82 Å². The SMILES string of the molecule is CCCCN(CCCC)C(=O)c1cc(C)n(-c2ccc(NC(=O)Nc3ccc(F)c(C(F)(F)F)c3)cc2C(=O)N2Cc3ccccc3CC2CO)n1. The van der Waals surface area contributed by atoms with E-state index in [1.54, 1.807) is 28.9 Å². The molecule has 1 aromatic heterocycles. The normalized spacial score (nSPS) is 14.2. The van der Waals surface area contributed by atoms with Crippen molar-refractivity contribution in [1.29, 1.82) is 0 Å². The molecular weight excluding hydrogens is 680 g/mol. The number of rotatable bonds is 12. The number of aliphatic hydroxyl groups excluding tert-OH is 1. The lowest BCUT2D eigenvalue weighted by Crippen LogP contribution is -2.46. The summed E-state index contributed by atoms with van der Waals surface area (Å²) in [6.07, 6.45) is -1.04. The molecule has 276 valence electrons. The molecule has 3 aromatic carbocycles. The zero-order chi connectivity index (χ0) is 37.6. The van der Waals surface area contributed by atoms with E-state index >= 15 is 0 Å². The first-order chi connectivity index (χ1) is 24.8. The number of aromatic nitrogens is 2. The molecule has 52 heavy (non-hydrogen) atoms. The van der Waals surface area contributed by atoms with Crippen molar-refractivity contribution in [2.24, 2.45) is 0 Å². The van der Waals surface area contributed by atoms with Gasteiger partial charge in [-0.1, -0.05) is 51.0 Å². The molecular formula is C38H42F4N6O4. The fourth-order valence-electron chi connectivity index (χ4n) is 6.22. The van der Waals surface area contributed by atoms with Crippen molar-refractivity contribution in [2.45, 2.75) is 71.6 Å². The van der Waals surface area contributed by atoms with Crippen LogP contribution in [0.2, 0.25) is 0 Å². The van der Waals surface area contributed by atoms with E-state index < -0.39 is 35.5 Å². The van der Waals surface area contributed by atoms with Crippen LogP contribution in [-0.2, 0) is 19.1 Å². The molecule has 0 saturated heterocycles. The molecule has 0 bridgehead atoms. The number of anilines is 2. The van der Waals surface area contributed by atoms with E-state index in [9.17, 15) is 37.1 Å². The van der Waals surface area contributed by atoms with Gasteiger partial charge < -0.3 is 25.5 Å². The minimum atomic E-state index is -4.97. The van der Waals surface area contributed by atoms with Gasteiger partial charge in [0, 0.05) is 36.7 Å². The number of carbonyl (C=O) groups is 3. The Morgan fingerprint density at radius 1 is 0.923 bits per heavy atom. The van der Waals surface area contributed by atoms with E-state index in [0.717, 1.165) is 42.9 Å². The summed E-state index contributed by atoms with van der Waals surface area (Å²) in [6.45, 7) is 6.93. The number of fused-ring (bicyclic) bond motifs is 1. The lowest BCUT2D eigenvalue weighted by atomic mass is 9.93. The van der Waals surface area contributed by atoms with Crippen LogP contribution in [0.1, 0.15) is 82.8 Å². The molecule has 1 unspecified atom stereocenters. The third kappa shape index (κ3) is 8.61. The predicted octanol–water partition coefficient (Wildman–Crippen LogP) is 7.58. The zero-order valence-electron chi connectivity index (χ0n) is 29.3. The van der Waals surface area contributed by atoms with Crippen LogP contribution in [0.3, 0.4) is 0 Å². The standard InChI is InChI=1S/C38H42F4N6O4/c1-4-6-16-46(17-7-5-2)36(51)33-18-24(3)48(45-33)34-15-13-27(43-37(52)44-28-12-14-32(39)31(21-28)38(40,41)42)20-30(34)35(50)47-22-26-11-9-8-10-25(26)19-29(47)23-49/h8-15,18,20-21,29,49H,4-7,16-17,19,22-23H2,1-3H3,(H2,43,44,52). The Kier molecular flexibility index (Phi) is 12.0. The van der Waals surface area contributed by atoms with E-state index in [-0.39, 0.29) is 41.7 Å². The number of hydrogen-bond acceptors (Lipinski definition) is 5. The van der Waals surface area contributed by atoms with E-state index in [1.807, 2.05) is 24.3 Å². The molecule has 1 atom stereocenters. The summed E-state index contributed by atoms with van der Waals surface area (Å²) in [6, 6.07) is 14.3. The van der Waals surface area contributed by atoms with Crippen molar-refractivity contribution in [3.05, 3.63) is 106 Å². The van der Waals surface area contributed by atoms with Gasteiger partial charge in [-0.2, -0.15) is 18.3 Å². The molecule has 2 heterocycles. The topological polar surface area (TPSA) is 120 Å². The van der Waals surface area contributed by atoms with Gasteiger partial charge in [-0.15, -0.1) is 0 Å². The predicted molar refractivity (Wildman–Crippen MR) is 189 cm³/mol. The summed E-state index contributed by atoms with van der Waals surface area (Å²) in [5, 5.41) is 19.8. The third-order valence-electron chi connectivity index (χ3n) is 9.03. The number of hydrogen-bond donors (Lipinski definition) is 3. The van der Waals surface area contributed by atoms with Gasteiger partial charge in [0.15, 0.2) is 5.69 Å². The number of nitrogens with one attached hydrogen (secondary N) is 2. The highest BCUT2D eigenvalue weighted by molar-refractivity contribution is 6.03. The molecule has 4 aromatic rings. The largest absolute Gasteiger partial charge is 0.419 e. The molecule has 0 radical (unpaired) electrons. The number of aryl methyl sites for hydroxylation is 1. The maximum Gasteiger partial charge on any atom is 0.419 e. The molecule has 14 heteroatoms. The average molecular weight is 723 g/mol. The Bertz CT molecular complexity index is 1920. The highest BCUT2D eigenvalue weighted by Crippen LogP contribution is 2.33. The van der Waals surface area contributed by atoms with Crippen LogP contribution in [0.4, 0.5) is 33.7 Å². The number of alkyl halides is 3. The van der Waals surface area contributed by atoms with Crippen molar-refractivity contribution in [3.8, 4) is 5.69 Å². The minimum absolute atomic E-state index is 0.0933. The van der Waals surface area contributed by atoms with Gasteiger partial charge in [-0.05, 0) is 79.8 Å².